The van der Waals surface area contributed by atoms with Gasteiger partial charge >= 0.3 is 0 Å². The molecule has 1 rings (SSSR count). The highest BCUT2D eigenvalue weighted by Crippen LogP contribution is 2.11. The maximum absolute atomic E-state index is 12.1. The summed E-state index contributed by atoms with van der Waals surface area (Å²) < 4.78 is 0. The first kappa shape index (κ1) is 14.7. The van der Waals surface area contributed by atoms with Crippen LogP contribution < -0.4 is 5.32 Å². The van der Waals surface area contributed by atoms with Crippen molar-refractivity contribution in [1.82, 2.24) is 10.2 Å². The number of nitrogens with one attached hydrogen (secondary N) is 1. The van der Waals surface area contributed by atoms with Crippen molar-refractivity contribution in [3.05, 3.63) is 22.4 Å². The Labute approximate surface area is 112 Å². The zero-order valence-corrected chi connectivity index (χ0v) is 12.1. The molecule has 1 heterocycles. The summed E-state index contributed by atoms with van der Waals surface area (Å²) in [4.78, 5) is 26.1. The number of hydrogen-bond donors (Lipinski definition) is 1. The second-order valence-electron chi connectivity index (χ2n) is 5.09. The quantitative estimate of drug-likeness (QED) is 0.909. The largest absolute Gasteiger partial charge is 0.350 e. The van der Waals surface area contributed by atoms with Crippen molar-refractivity contribution in [1.29, 1.82) is 0 Å². The summed E-state index contributed by atoms with van der Waals surface area (Å²) in [5.74, 6) is -0.217. The summed E-state index contributed by atoms with van der Waals surface area (Å²) in [6, 6.07) is 3.61. The van der Waals surface area contributed by atoms with Gasteiger partial charge in [0.15, 0.2) is 0 Å². The molecule has 0 aliphatic heterocycles. The van der Waals surface area contributed by atoms with Gasteiger partial charge in [0.1, 0.15) is 0 Å². The summed E-state index contributed by atoms with van der Waals surface area (Å²) in [7, 11) is 0. The van der Waals surface area contributed by atoms with Gasteiger partial charge in [-0.3, -0.25) is 9.59 Å². The maximum Gasteiger partial charge on any atom is 0.264 e. The van der Waals surface area contributed by atoms with Gasteiger partial charge in [-0.25, -0.2) is 0 Å². The molecule has 18 heavy (non-hydrogen) atoms. The van der Waals surface area contributed by atoms with E-state index in [4.69, 9.17) is 0 Å². The summed E-state index contributed by atoms with van der Waals surface area (Å²) >= 11 is 1.39. The predicted molar refractivity (Wildman–Crippen MR) is 73.8 cm³/mol. The van der Waals surface area contributed by atoms with Gasteiger partial charge in [0, 0.05) is 12.1 Å². The third-order valence-corrected chi connectivity index (χ3v) is 3.11. The lowest BCUT2D eigenvalue weighted by Crippen LogP contribution is -2.47. The van der Waals surface area contributed by atoms with E-state index in [-0.39, 0.29) is 23.9 Å². The molecule has 0 fully saturated rings. The zero-order valence-electron chi connectivity index (χ0n) is 11.3. The Bertz CT molecular complexity index is 407. The highest BCUT2D eigenvalue weighted by atomic mass is 32.1. The average molecular weight is 268 g/mol. The van der Waals surface area contributed by atoms with Crippen molar-refractivity contribution < 1.29 is 9.59 Å². The Morgan fingerprint density at radius 2 is 2.06 bits per heavy atom. The van der Waals surface area contributed by atoms with Crippen LogP contribution in [-0.2, 0) is 4.79 Å². The molecule has 0 saturated carbocycles. The molecule has 0 bridgehead atoms. The van der Waals surface area contributed by atoms with Crippen molar-refractivity contribution in [2.24, 2.45) is 0 Å². The lowest BCUT2D eigenvalue weighted by Gasteiger charge is -2.24. The van der Waals surface area contributed by atoms with Crippen LogP contribution in [0.15, 0.2) is 17.5 Å². The number of amides is 2. The molecule has 100 valence electrons. The van der Waals surface area contributed by atoms with E-state index in [9.17, 15) is 9.59 Å². The van der Waals surface area contributed by atoms with E-state index in [0.717, 1.165) is 0 Å². The van der Waals surface area contributed by atoms with E-state index in [2.05, 4.69) is 5.32 Å². The molecule has 4 nitrogen and oxygen atoms in total. The molecule has 1 N–H and O–H groups in total. The van der Waals surface area contributed by atoms with Crippen molar-refractivity contribution in [2.75, 3.05) is 13.1 Å². The van der Waals surface area contributed by atoms with Gasteiger partial charge in [0.2, 0.25) is 5.91 Å². The Balaban J connectivity index is 2.63. The van der Waals surface area contributed by atoms with Crippen LogP contribution in [-0.4, -0.2) is 35.3 Å². The van der Waals surface area contributed by atoms with Gasteiger partial charge in [-0.2, -0.15) is 0 Å². The highest BCUT2D eigenvalue weighted by molar-refractivity contribution is 7.12. The molecule has 0 aliphatic rings. The van der Waals surface area contributed by atoms with Crippen LogP contribution >= 0.6 is 11.3 Å². The van der Waals surface area contributed by atoms with Crippen LogP contribution in [0.5, 0.6) is 0 Å². The van der Waals surface area contributed by atoms with Crippen LogP contribution in [0, 0.1) is 0 Å². The fourth-order valence-corrected chi connectivity index (χ4v) is 2.21. The lowest BCUT2D eigenvalue weighted by atomic mass is 10.1. The van der Waals surface area contributed by atoms with Gasteiger partial charge in [-0.15, -0.1) is 11.3 Å². The maximum atomic E-state index is 12.1. The normalized spacial score (nSPS) is 11.1. The first-order valence-electron chi connectivity index (χ1n) is 5.97. The smallest absolute Gasteiger partial charge is 0.264 e. The Morgan fingerprint density at radius 1 is 1.39 bits per heavy atom. The van der Waals surface area contributed by atoms with E-state index in [0.29, 0.717) is 11.4 Å². The second kappa shape index (κ2) is 6.00. The van der Waals surface area contributed by atoms with Gasteiger partial charge in [-0.1, -0.05) is 6.07 Å². The second-order valence-corrected chi connectivity index (χ2v) is 6.04. The summed E-state index contributed by atoms with van der Waals surface area (Å²) in [6.07, 6.45) is 0. The first-order chi connectivity index (χ1) is 8.33. The van der Waals surface area contributed by atoms with Crippen molar-refractivity contribution in [3.8, 4) is 0 Å². The molecule has 0 aliphatic carbocycles. The molecule has 1 aromatic rings. The molecule has 0 saturated heterocycles. The SMILES string of the molecule is CCN(CC(=O)NC(C)(C)C)C(=O)c1cccs1. The van der Waals surface area contributed by atoms with E-state index in [1.807, 2.05) is 39.1 Å². The van der Waals surface area contributed by atoms with Crippen molar-refractivity contribution in [3.63, 3.8) is 0 Å². The fourth-order valence-electron chi connectivity index (χ4n) is 1.51. The molecular formula is C13H20N2O2S. The minimum Gasteiger partial charge on any atom is -0.350 e. The number of hydrogen-bond acceptors (Lipinski definition) is 3. The monoisotopic (exact) mass is 268 g/mol. The topological polar surface area (TPSA) is 49.4 Å². The minimum absolute atomic E-state index is 0.0865. The van der Waals surface area contributed by atoms with Crippen LogP contribution in [0.2, 0.25) is 0 Å². The van der Waals surface area contributed by atoms with Gasteiger partial charge < -0.3 is 10.2 Å². The number of likely N-dealkylation sites (N-methyl/N-ethyl adjacent to an activating group) is 1. The van der Waals surface area contributed by atoms with Crippen LogP contribution in [0.1, 0.15) is 37.4 Å². The van der Waals surface area contributed by atoms with Gasteiger partial charge in [0.05, 0.1) is 11.4 Å². The molecule has 2 amide bonds. The number of carbonyl (C=O) groups excluding carboxylic acids is 2. The summed E-state index contributed by atoms with van der Waals surface area (Å²) in [6.45, 7) is 8.25. The molecule has 5 heteroatoms. The Morgan fingerprint density at radius 3 is 2.50 bits per heavy atom. The predicted octanol–water partition coefficient (Wildman–Crippen LogP) is 2.12. The summed E-state index contributed by atoms with van der Waals surface area (Å²) in [5, 5.41) is 4.71. The van der Waals surface area contributed by atoms with Crippen LogP contribution in [0.25, 0.3) is 0 Å². The number of thiophene rings is 1. The van der Waals surface area contributed by atoms with Gasteiger partial charge in [-0.05, 0) is 39.1 Å². The number of carbonyl (C=O) groups is 2. The first-order valence-corrected chi connectivity index (χ1v) is 6.85. The fraction of sp³-hybridized carbons (Fsp3) is 0.538. The standard InChI is InChI=1S/C13H20N2O2S/c1-5-15(9-11(16)14-13(2,3)4)12(17)10-7-6-8-18-10/h6-8H,5,9H2,1-4H3,(H,14,16). The third-order valence-electron chi connectivity index (χ3n) is 2.25. The van der Waals surface area contributed by atoms with Crippen LogP contribution in [0.4, 0.5) is 0 Å². The van der Waals surface area contributed by atoms with E-state index in [1.165, 1.54) is 11.3 Å². The minimum atomic E-state index is -0.275. The van der Waals surface area contributed by atoms with E-state index >= 15 is 0 Å². The Kier molecular flexibility index (Phi) is 4.90. The van der Waals surface area contributed by atoms with Gasteiger partial charge in [0.25, 0.3) is 5.91 Å². The molecule has 0 spiro atoms. The Hall–Kier alpha value is -1.36. The molecule has 0 unspecified atom stereocenters. The van der Waals surface area contributed by atoms with E-state index in [1.54, 1.807) is 11.0 Å². The zero-order chi connectivity index (χ0) is 13.8. The highest BCUT2D eigenvalue weighted by Gasteiger charge is 2.20. The molecule has 1 aromatic heterocycles. The molecular weight excluding hydrogens is 248 g/mol. The molecule has 0 atom stereocenters. The van der Waals surface area contributed by atoms with E-state index < -0.39 is 0 Å². The lowest BCUT2D eigenvalue weighted by molar-refractivity contribution is -0.123. The summed E-state index contributed by atoms with van der Waals surface area (Å²) in [5.41, 5.74) is -0.275. The van der Waals surface area contributed by atoms with Crippen molar-refractivity contribution in [2.45, 2.75) is 33.2 Å². The molecule has 0 radical (unpaired) electrons. The third kappa shape index (κ3) is 4.49. The van der Waals surface area contributed by atoms with Crippen LogP contribution in [0.3, 0.4) is 0 Å². The average Bonchev–Trinajstić information content (AvgIpc) is 2.75. The number of rotatable bonds is 4. The van der Waals surface area contributed by atoms with Crippen molar-refractivity contribution >= 4 is 23.2 Å². The number of nitrogens with zero attached hydrogens (tertiary/aromatic N) is 1. The molecule has 0 aromatic carbocycles.